The Bertz CT molecular complexity index is 49.7. The van der Waals surface area contributed by atoms with Crippen LogP contribution in [-0.4, -0.2) is 33.6 Å². The van der Waals surface area contributed by atoms with E-state index in [0.717, 1.165) is 0 Å². The van der Waals surface area contributed by atoms with Crippen LogP contribution < -0.4 is 0 Å². The zero-order chi connectivity index (χ0) is 8.12. The van der Waals surface area contributed by atoms with Crippen molar-refractivity contribution < 1.29 is 15.6 Å². The molecule has 0 saturated heterocycles. The van der Waals surface area contributed by atoms with Gasteiger partial charge in [0.1, 0.15) is 0 Å². The minimum absolute atomic E-state index is 0. The van der Waals surface area contributed by atoms with Crippen LogP contribution in [0.1, 0.15) is 0 Å². The van der Waals surface area contributed by atoms with Crippen molar-refractivity contribution in [2.75, 3.05) is 0 Å². The molecular formula is H3AsN3O6. The quantitative estimate of drug-likeness (QED) is 0.295. The van der Waals surface area contributed by atoms with Crippen LogP contribution in [0.15, 0.2) is 16.0 Å². The Labute approximate surface area is 65.2 Å². The normalized spacial score (nSPS) is 3.60. The molecule has 0 aromatic rings. The molecule has 3 radical (unpaired) electrons. The van der Waals surface area contributed by atoms with Gasteiger partial charge in [0.25, 0.3) is 0 Å². The summed E-state index contributed by atoms with van der Waals surface area (Å²) < 4.78 is 0. The Morgan fingerprint density at radius 1 is 0.700 bits per heavy atom. The van der Waals surface area contributed by atoms with Gasteiger partial charge in [-0.05, 0) is 0 Å². The third-order valence-corrected chi connectivity index (χ3v) is 0. The van der Waals surface area contributed by atoms with E-state index in [4.69, 9.17) is 30.3 Å². The Morgan fingerprint density at radius 2 is 0.700 bits per heavy atom. The first-order chi connectivity index (χ1) is 4.24. The van der Waals surface area contributed by atoms with Gasteiger partial charge in [-0.2, -0.15) is 0 Å². The van der Waals surface area contributed by atoms with E-state index in [1.807, 2.05) is 0 Å². The molecule has 0 bridgehead atoms. The predicted molar refractivity (Wildman–Crippen MR) is 28.5 cm³/mol. The Balaban J connectivity index is -0.0000000257. The SMILES string of the molecule is O=NO.O=NO.O=NO.[As]. The number of hydrogen-bond acceptors (Lipinski definition) is 6. The molecule has 0 aliphatic rings. The van der Waals surface area contributed by atoms with E-state index in [-0.39, 0.29) is 18.0 Å². The van der Waals surface area contributed by atoms with E-state index < -0.39 is 0 Å². The summed E-state index contributed by atoms with van der Waals surface area (Å²) in [4.78, 5) is 24.3. The summed E-state index contributed by atoms with van der Waals surface area (Å²) in [6, 6.07) is 0. The zero-order valence-electron chi connectivity index (χ0n) is 4.36. The zero-order valence-corrected chi connectivity index (χ0v) is 6.23. The first-order valence-corrected chi connectivity index (χ1v) is 1.15. The standard InChI is InChI=1S/As.3HNO2/c;3*2-1-3/h;3*(H,2,3). The van der Waals surface area contributed by atoms with Crippen LogP contribution in [0.5, 0.6) is 0 Å². The maximum absolute atomic E-state index is 8.11. The molecule has 0 heterocycles. The molecule has 10 heavy (non-hydrogen) atoms. The summed E-state index contributed by atoms with van der Waals surface area (Å²) in [6.45, 7) is 0. The van der Waals surface area contributed by atoms with E-state index in [1.165, 1.54) is 16.0 Å². The van der Waals surface area contributed by atoms with Crippen molar-refractivity contribution in [1.29, 1.82) is 0 Å². The first-order valence-electron chi connectivity index (χ1n) is 1.15. The summed E-state index contributed by atoms with van der Waals surface area (Å²) in [7, 11) is 0. The summed E-state index contributed by atoms with van der Waals surface area (Å²) in [6.07, 6.45) is 0. The molecule has 0 saturated carbocycles. The molecule has 0 amide bonds. The van der Waals surface area contributed by atoms with Gasteiger partial charge >= 0.3 is 0 Å². The van der Waals surface area contributed by atoms with Gasteiger partial charge in [-0.15, -0.1) is 14.7 Å². The van der Waals surface area contributed by atoms with E-state index in [0.29, 0.717) is 0 Å². The molecule has 0 spiro atoms. The van der Waals surface area contributed by atoms with Crippen LogP contribution in [-0.2, 0) is 0 Å². The van der Waals surface area contributed by atoms with Gasteiger partial charge in [-0.3, -0.25) is 0 Å². The van der Waals surface area contributed by atoms with E-state index in [1.54, 1.807) is 0 Å². The molecule has 10 heteroatoms. The average Bonchev–Trinajstić information content (AvgIpc) is 1.70. The van der Waals surface area contributed by atoms with Gasteiger partial charge < -0.3 is 15.6 Å². The Hall–Kier alpha value is -1.24. The monoisotopic (exact) mass is 216 g/mol. The molecule has 0 atom stereocenters. The maximum atomic E-state index is 8.11. The Kier molecular flexibility index (Phi) is 267. The van der Waals surface area contributed by atoms with Crippen LogP contribution in [0.2, 0.25) is 0 Å². The van der Waals surface area contributed by atoms with Crippen molar-refractivity contribution in [3.05, 3.63) is 14.7 Å². The number of hydrogen-bond donors (Lipinski definition) is 3. The second-order valence-electron chi connectivity index (χ2n) is 0.245. The molecule has 0 rings (SSSR count). The molecular weight excluding hydrogens is 213 g/mol. The minimum Gasteiger partial charge on any atom is -0.379 e. The van der Waals surface area contributed by atoms with Gasteiger partial charge in [0, 0.05) is 18.0 Å². The summed E-state index contributed by atoms with van der Waals surface area (Å²) in [5.41, 5.74) is 0. The molecule has 0 aliphatic carbocycles. The summed E-state index contributed by atoms with van der Waals surface area (Å²) >= 11 is 0. The molecule has 0 aliphatic heterocycles. The molecule has 59 valence electrons. The van der Waals surface area contributed by atoms with Crippen LogP contribution >= 0.6 is 0 Å². The van der Waals surface area contributed by atoms with Crippen LogP contribution in [0.4, 0.5) is 0 Å². The van der Waals surface area contributed by atoms with Crippen molar-refractivity contribution >= 4 is 18.0 Å². The fraction of sp³-hybridized carbons (Fsp3) is 0. The van der Waals surface area contributed by atoms with Crippen molar-refractivity contribution in [2.24, 2.45) is 16.0 Å². The van der Waals surface area contributed by atoms with Crippen LogP contribution in [0.3, 0.4) is 0 Å². The summed E-state index contributed by atoms with van der Waals surface area (Å²) in [5.74, 6) is 0. The van der Waals surface area contributed by atoms with Crippen molar-refractivity contribution in [3.63, 3.8) is 0 Å². The third-order valence-electron chi connectivity index (χ3n) is 0. The molecule has 0 aromatic carbocycles. The largest absolute Gasteiger partial charge is 0.379 e. The minimum atomic E-state index is 0. The smallest absolute Gasteiger partial charge is 0.152 e. The van der Waals surface area contributed by atoms with Crippen LogP contribution in [0.25, 0.3) is 0 Å². The van der Waals surface area contributed by atoms with Crippen molar-refractivity contribution in [1.82, 2.24) is 0 Å². The molecule has 9 nitrogen and oxygen atoms in total. The predicted octanol–water partition coefficient (Wildman–Crippen LogP) is 0.0452. The van der Waals surface area contributed by atoms with Crippen LogP contribution in [0, 0.1) is 14.7 Å². The van der Waals surface area contributed by atoms with Gasteiger partial charge in [-0.25, -0.2) is 0 Å². The number of nitrogens with zero attached hydrogens (tertiary/aromatic N) is 3. The number of rotatable bonds is 0. The fourth-order valence-corrected chi connectivity index (χ4v) is 0. The summed E-state index contributed by atoms with van der Waals surface area (Å²) in [5, 5.41) is 23.7. The maximum Gasteiger partial charge on any atom is 0.152 e. The molecule has 0 unspecified atom stereocenters. The second kappa shape index (κ2) is 115. The van der Waals surface area contributed by atoms with E-state index in [9.17, 15) is 0 Å². The van der Waals surface area contributed by atoms with E-state index >= 15 is 0 Å². The second-order valence-corrected chi connectivity index (χ2v) is 0.245. The van der Waals surface area contributed by atoms with Crippen molar-refractivity contribution in [3.8, 4) is 0 Å². The fourth-order valence-electron chi connectivity index (χ4n) is 0. The van der Waals surface area contributed by atoms with Gasteiger partial charge in [-0.1, -0.05) is 0 Å². The molecule has 0 aromatic heterocycles. The Morgan fingerprint density at radius 3 is 0.700 bits per heavy atom. The topological polar surface area (TPSA) is 149 Å². The molecule has 0 fully saturated rings. The first kappa shape index (κ1) is 23.3. The average molecular weight is 216 g/mol. The van der Waals surface area contributed by atoms with Gasteiger partial charge in [0.05, 0.1) is 0 Å². The molecule has 3 N–H and O–H groups in total. The van der Waals surface area contributed by atoms with Gasteiger partial charge in [0.2, 0.25) is 0 Å². The van der Waals surface area contributed by atoms with Gasteiger partial charge in [0.15, 0.2) is 16.0 Å². The third kappa shape index (κ3) is 145. The van der Waals surface area contributed by atoms with E-state index in [2.05, 4.69) is 0 Å². The van der Waals surface area contributed by atoms with Crippen molar-refractivity contribution in [2.45, 2.75) is 0 Å².